The molecule has 0 aromatic carbocycles. The van der Waals surface area contributed by atoms with Gasteiger partial charge in [0.1, 0.15) is 0 Å². The second kappa shape index (κ2) is 7.10. The highest BCUT2D eigenvalue weighted by atomic mass is 35.5. The third-order valence-electron chi connectivity index (χ3n) is 4.06. The van der Waals surface area contributed by atoms with E-state index in [1.807, 2.05) is 4.90 Å². The Morgan fingerprint density at radius 3 is 2.21 bits per heavy atom. The van der Waals surface area contributed by atoms with Crippen LogP contribution in [0.1, 0.15) is 44.9 Å². The third kappa shape index (κ3) is 4.08. The largest absolute Gasteiger partial charge is 0.345 e. The number of hydrogen-bond acceptors (Lipinski definition) is 3. The fraction of sp³-hybridized carbons (Fsp3) is 0.846. The van der Waals surface area contributed by atoms with Crippen LogP contribution in [0.5, 0.6) is 0 Å². The van der Waals surface area contributed by atoms with E-state index in [9.17, 15) is 9.59 Å². The molecule has 19 heavy (non-hydrogen) atoms. The summed E-state index contributed by atoms with van der Waals surface area (Å²) in [5.41, 5.74) is 5.36. The first-order valence-electron chi connectivity index (χ1n) is 6.97. The highest BCUT2D eigenvalue weighted by Crippen LogP contribution is 2.25. The Morgan fingerprint density at radius 1 is 1.05 bits per heavy atom. The van der Waals surface area contributed by atoms with Gasteiger partial charge < -0.3 is 16.0 Å². The van der Waals surface area contributed by atoms with Gasteiger partial charge in [-0.1, -0.05) is 19.3 Å². The van der Waals surface area contributed by atoms with Crippen LogP contribution in [-0.2, 0) is 9.59 Å². The maximum Gasteiger partial charge on any atom is 0.241 e. The highest BCUT2D eigenvalue weighted by Gasteiger charge is 2.35. The lowest BCUT2D eigenvalue weighted by molar-refractivity contribution is -0.134. The zero-order valence-electron chi connectivity index (χ0n) is 11.3. The smallest absolute Gasteiger partial charge is 0.241 e. The predicted octanol–water partition coefficient (Wildman–Crippen LogP) is 0.808. The Bertz CT molecular complexity index is 324. The van der Waals surface area contributed by atoms with E-state index in [1.165, 1.54) is 0 Å². The van der Waals surface area contributed by atoms with E-state index in [2.05, 4.69) is 5.32 Å². The Kier molecular flexibility index (Phi) is 6.07. The van der Waals surface area contributed by atoms with Gasteiger partial charge in [-0.25, -0.2) is 0 Å². The fourth-order valence-corrected chi connectivity index (χ4v) is 2.82. The van der Waals surface area contributed by atoms with Crippen molar-refractivity contribution in [2.75, 3.05) is 19.6 Å². The SMILES string of the molecule is Cl.NC1(C(=O)NCC(=O)N2CCCC2)CCCCC1. The van der Waals surface area contributed by atoms with Gasteiger partial charge in [0.25, 0.3) is 0 Å². The number of hydrogen-bond donors (Lipinski definition) is 2. The normalized spacial score (nSPS) is 21.6. The second-order valence-corrected chi connectivity index (χ2v) is 5.49. The summed E-state index contributed by atoms with van der Waals surface area (Å²) in [6.07, 6.45) is 6.77. The predicted molar refractivity (Wildman–Crippen MR) is 76.1 cm³/mol. The van der Waals surface area contributed by atoms with E-state index in [0.717, 1.165) is 58.0 Å². The average molecular weight is 290 g/mol. The molecular weight excluding hydrogens is 266 g/mol. The summed E-state index contributed by atoms with van der Waals surface area (Å²) in [7, 11) is 0. The number of rotatable bonds is 3. The van der Waals surface area contributed by atoms with E-state index in [-0.39, 0.29) is 30.8 Å². The molecule has 0 atom stereocenters. The van der Waals surface area contributed by atoms with Crippen molar-refractivity contribution in [3.63, 3.8) is 0 Å². The minimum Gasteiger partial charge on any atom is -0.345 e. The van der Waals surface area contributed by atoms with Crippen LogP contribution in [0, 0.1) is 0 Å². The summed E-state index contributed by atoms with van der Waals surface area (Å²) in [5.74, 6) is -0.144. The van der Waals surface area contributed by atoms with Crippen molar-refractivity contribution in [3.05, 3.63) is 0 Å². The van der Waals surface area contributed by atoms with Crippen LogP contribution in [0.3, 0.4) is 0 Å². The van der Waals surface area contributed by atoms with Crippen molar-refractivity contribution in [1.82, 2.24) is 10.2 Å². The number of amides is 2. The molecule has 1 aliphatic heterocycles. The van der Waals surface area contributed by atoms with Crippen LogP contribution in [0.2, 0.25) is 0 Å². The number of nitrogens with two attached hydrogens (primary N) is 1. The van der Waals surface area contributed by atoms with Gasteiger partial charge >= 0.3 is 0 Å². The van der Waals surface area contributed by atoms with E-state index < -0.39 is 5.54 Å². The maximum absolute atomic E-state index is 12.0. The summed E-state index contributed by atoms with van der Waals surface area (Å²) in [5, 5.41) is 2.71. The van der Waals surface area contributed by atoms with Crippen molar-refractivity contribution >= 4 is 24.2 Å². The number of carbonyl (C=O) groups excluding carboxylic acids is 2. The molecule has 2 amide bonds. The molecule has 3 N–H and O–H groups in total. The molecule has 0 spiro atoms. The zero-order chi connectivity index (χ0) is 13.0. The van der Waals surface area contributed by atoms with Crippen LogP contribution in [0.15, 0.2) is 0 Å². The van der Waals surface area contributed by atoms with Gasteiger partial charge in [0, 0.05) is 13.1 Å². The highest BCUT2D eigenvalue weighted by molar-refractivity contribution is 5.90. The summed E-state index contributed by atoms with van der Waals surface area (Å²) < 4.78 is 0. The Labute approximate surface area is 120 Å². The Morgan fingerprint density at radius 2 is 1.63 bits per heavy atom. The first-order chi connectivity index (χ1) is 8.62. The van der Waals surface area contributed by atoms with Crippen LogP contribution >= 0.6 is 12.4 Å². The summed E-state index contributed by atoms with van der Waals surface area (Å²) in [6, 6.07) is 0. The molecule has 2 aliphatic rings. The van der Waals surface area contributed by atoms with Crippen molar-refractivity contribution in [3.8, 4) is 0 Å². The van der Waals surface area contributed by atoms with Gasteiger partial charge in [-0.15, -0.1) is 12.4 Å². The molecule has 2 fully saturated rings. The monoisotopic (exact) mass is 289 g/mol. The number of nitrogens with one attached hydrogen (secondary N) is 1. The molecule has 0 bridgehead atoms. The van der Waals surface area contributed by atoms with Crippen LogP contribution in [0.25, 0.3) is 0 Å². The summed E-state index contributed by atoms with van der Waals surface area (Å²) in [4.78, 5) is 25.6. The zero-order valence-corrected chi connectivity index (χ0v) is 12.1. The van der Waals surface area contributed by atoms with Crippen molar-refractivity contribution in [2.45, 2.75) is 50.5 Å². The molecule has 1 aliphatic carbocycles. The molecule has 2 rings (SSSR count). The third-order valence-corrected chi connectivity index (χ3v) is 4.06. The first kappa shape index (κ1) is 16.2. The molecule has 1 saturated carbocycles. The van der Waals surface area contributed by atoms with E-state index >= 15 is 0 Å². The number of halogens is 1. The standard InChI is InChI=1S/C13H23N3O2.ClH/c14-13(6-2-1-3-7-13)12(18)15-10-11(17)16-8-4-5-9-16;/h1-10,14H2,(H,15,18);1H. The average Bonchev–Trinajstić information content (AvgIpc) is 2.90. The second-order valence-electron chi connectivity index (χ2n) is 5.49. The molecule has 1 heterocycles. The fourth-order valence-electron chi connectivity index (χ4n) is 2.82. The van der Waals surface area contributed by atoms with Gasteiger partial charge in [-0.05, 0) is 25.7 Å². The van der Waals surface area contributed by atoms with Gasteiger partial charge in [0.2, 0.25) is 11.8 Å². The van der Waals surface area contributed by atoms with Crippen molar-refractivity contribution < 1.29 is 9.59 Å². The van der Waals surface area contributed by atoms with Gasteiger partial charge in [0.05, 0.1) is 12.1 Å². The van der Waals surface area contributed by atoms with Crippen LogP contribution < -0.4 is 11.1 Å². The number of nitrogens with zero attached hydrogens (tertiary/aromatic N) is 1. The quantitative estimate of drug-likeness (QED) is 0.807. The number of likely N-dealkylation sites (tertiary alicyclic amines) is 1. The maximum atomic E-state index is 12.0. The Hall–Kier alpha value is -0.810. The molecule has 0 radical (unpaired) electrons. The summed E-state index contributed by atoms with van der Waals surface area (Å²) in [6.45, 7) is 1.74. The molecule has 110 valence electrons. The van der Waals surface area contributed by atoms with Gasteiger partial charge in [-0.3, -0.25) is 9.59 Å². The molecule has 0 unspecified atom stereocenters. The summed E-state index contributed by atoms with van der Waals surface area (Å²) >= 11 is 0. The molecule has 6 heteroatoms. The lowest BCUT2D eigenvalue weighted by atomic mass is 9.82. The van der Waals surface area contributed by atoms with E-state index in [1.54, 1.807) is 0 Å². The van der Waals surface area contributed by atoms with E-state index in [0.29, 0.717) is 0 Å². The minimum atomic E-state index is -0.746. The Balaban J connectivity index is 0.00000180. The van der Waals surface area contributed by atoms with Crippen molar-refractivity contribution in [1.29, 1.82) is 0 Å². The van der Waals surface area contributed by atoms with Crippen molar-refractivity contribution in [2.24, 2.45) is 5.73 Å². The lowest BCUT2D eigenvalue weighted by Crippen LogP contribution is -2.56. The molecular formula is C13H24ClN3O2. The topological polar surface area (TPSA) is 75.4 Å². The van der Waals surface area contributed by atoms with Gasteiger partial charge in [0.15, 0.2) is 0 Å². The van der Waals surface area contributed by atoms with Crippen LogP contribution in [-0.4, -0.2) is 41.9 Å². The molecule has 0 aromatic rings. The lowest BCUT2D eigenvalue weighted by Gasteiger charge is -2.31. The molecule has 1 saturated heterocycles. The first-order valence-corrected chi connectivity index (χ1v) is 6.97. The van der Waals surface area contributed by atoms with Gasteiger partial charge in [-0.2, -0.15) is 0 Å². The number of carbonyl (C=O) groups is 2. The minimum absolute atomic E-state index is 0. The molecule has 0 aromatic heterocycles. The molecule has 5 nitrogen and oxygen atoms in total. The van der Waals surface area contributed by atoms with Crippen LogP contribution in [0.4, 0.5) is 0 Å². The van der Waals surface area contributed by atoms with E-state index in [4.69, 9.17) is 5.73 Å².